The molecule has 4 aliphatic heterocycles. The molecule has 23 heavy (non-hydrogen) atoms. The zero-order valence-electron chi connectivity index (χ0n) is 13.4. The average molecular weight is 323 g/mol. The van der Waals surface area contributed by atoms with Gasteiger partial charge in [-0.3, -0.25) is 0 Å². The number of anilines is 2. The number of fused-ring (bicyclic) bond motifs is 5. The van der Waals surface area contributed by atoms with Gasteiger partial charge in [-0.25, -0.2) is 0 Å². The number of quaternary nitrogens is 1. The standard InChI is InChI=1S/C20H22N2S/c1-3-7-19-17(5-1)22(18-6-2-4-8-20(18)23-19)14-16-13-21-11-9-15(16)10-12-21/h1-8,15-16H,9-14H2/p+1/t16-/m1/s1. The number of nitrogens with zero attached hydrogens (tertiary/aromatic N) is 1. The Bertz CT molecular complexity index is 676. The van der Waals surface area contributed by atoms with E-state index in [1.54, 1.807) is 0 Å². The third kappa shape index (κ3) is 2.38. The second kappa shape index (κ2) is 5.57. The molecule has 118 valence electrons. The molecule has 0 saturated carbocycles. The van der Waals surface area contributed by atoms with E-state index < -0.39 is 0 Å². The van der Waals surface area contributed by atoms with Gasteiger partial charge in [0.2, 0.25) is 0 Å². The van der Waals surface area contributed by atoms with Crippen molar-refractivity contribution < 1.29 is 4.90 Å². The summed E-state index contributed by atoms with van der Waals surface area (Å²) in [6, 6.07) is 17.8. The Hall–Kier alpha value is -1.45. The molecule has 2 nitrogen and oxygen atoms in total. The fourth-order valence-corrected chi connectivity index (χ4v) is 5.78. The number of hydrogen-bond donors (Lipinski definition) is 1. The monoisotopic (exact) mass is 323 g/mol. The molecule has 0 spiro atoms. The molecule has 3 heteroatoms. The molecule has 0 radical (unpaired) electrons. The van der Waals surface area contributed by atoms with Crippen LogP contribution in [0.1, 0.15) is 12.8 Å². The van der Waals surface area contributed by atoms with Crippen LogP contribution in [0.2, 0.25) is 0 Å². The minimum absolute atomic E-state index is 0.844. The number of rotatable bonds is 2. The van der Waals surface area contributed by atoms with Crippen LogP contribution < -0.4 is 9.80 Å². The molecule has 0 unspecified atom stereocenters. The van der Waals surface area contributed by atoms with Crippen LogP contribution in [0.5, 0.6) is 0 Å². The Morgan fingerprint density at radius 3 is 2.09 bits per heavy atom. The molecule has 3 saturated heterocycles. The van der Waals surface area contributed by atoms with Gasteiger partial charge in [-0.05, 0) is 30.2 Å². The van der Waals surface area contributed by atoms with Gasteiger partial charge >= 0.3 is 0 Å². The molecule has 0 aromatic heterocycles. The largest absolute Gasteiger partial charge is 0.339 e. The molecule has 2 bridgehead atoms. The van der Waals surface area contributed by atoms with Crippen LogP contribution in [-0.4, -0.2) is 26.2 Å². The summed E-state index contributed by atoms with van der Waals surface area (Å²) in [6.45, 7) is 5.37. The Kier molecular flexibility index (Phi) is 3.38. The van der Waals surface area contributed by atoms with Crippen molar-refractivity contribution in [3.8, 4) is 0 Å². The first-order valence-electron chi connectivity index (χ1n) is 8.85. The summed E-state index contributed by atoms with van der Waals surface area (Å²) >= 11 is 1.92. The summed E-state index contributed by atoms with van der Waals surface area (Å²) < 4.78 is 0. The lowest BCUT2D eigenvalue weighted by molar-refractivity contribution is -0.920. The first kappa shape index (κ1) is 13.9. The third-order valence-electron chi connectivity index (χ3n) is 5.90. The van der Waals surface area contributed by atoms with E-state index in [1.807, 2.05) is 16.7 Å². The molecular formula is C20H23N2S+. The number of para-hydroxylation sites is 2. The first-order chi connectivity index (χ1) is 11.4. The van der Waals surface area contributed by atoms with Crippen molar-refractivity contribution in [2.75, 3.05) is 31.1 Å². The molecular weight excluding hydrogens is 300 g/mol. The second-order valence-corrected chi connectivity index (χ2v) is 8.28. The van der Waals surface area contributed by atoms with Crippen LogP contribution >= 0.6 is 11.8 Å². The summed E-state index contributed by atoms with van der Waals surface area (Å²) in [6.07, 6.45) is 2.87. The third-order valence-corrected chi connectivity index (χ3v) is 7.03. The molecule has 4 aliphatic rings. The molecule has 1 N–H and O–H groups in total. The maximum absolute atomic E-state index is 2.60. The fraction of sp³-hybridized carbons (Fsp3) is 0.400. The number of nitrogens with one attached hydrogen (secondary N) is 1. The van der Waals surface area contributed by atoms with Crippen LogP contribution in [0, 0.1) is 11.8 Å². The summed E-state index contributed by atoms with van der Waals surface area (Å²) in [7, 11) is 0. The van der Waals surface area contributed by atoms with Crippen molar-refractivity contribution in [2.24, 2.45) is 11.8 Å². The van der Waals surface area contributed by atoms with Crippen LogP contribution in [0.25, 0.3) is 0 Å². The van der Waals surface area contributed by atoms with Crippen molar-refractivity contribution >= 4 is 23.1 Å². The van der Waals surface area contributed by atoms with Gasteiger partial charge in [0.15, 0.2) is 0 Å². The Labute approximate surface area is 142 Å². The fourth-order valence-electron chi connectivity index (χ4n) is 4.69. The predicted octanol–water partition coefficient (Wildman–Crippen LogP) is 3.21. The molecule has 2 aromatic rings. The first-order valence-corrected chi connectivity index (χ1v) is 9.67. The highest BCUT2D eigenvalue weighted by atomic mass is 32.2. The van der Waals surface area contributed by atoms with Gasteiger partial charge in [-0.1, -0.05) is 36.0 Å². The quantitative estimate of drug-likeness (QED) is 0.907. The van der Waals surface area contributed by atoms with Gasteiger partial charge in [0.1, 0.15) is 0 Å². The van der Waals surface area contributed by atoms with Crippen LogP contribution in [0.4, 0.5) is 11.4 Å². The lowest BCUT2D eigenvalue weighted by atomic mass is 9.78. The van der Waals surface area contributed by atoms with E-state index in [9.17, 15) is 0 Å². The molecule has 0 aliphatic carbocycles. The van der Waals surface area contributed by atoms with E-state index in [0.29, 0.717) is 0 Å². The maximum atomic E-state index is 2.60. The molecule has 2 aromatic carbocycles. The van der Waals surface area contributed by atoms with Gasteiger partial charge in [-0.15, -0.1) is 0 Å². The van der Waals surface area contributed by atoms with Gasteiger partial charge in [0, 0.05) is 35.1 Å². The smallest absolute Gasteiger partial charge is 0.0819 e. The summed E-state index contributed by atoms with van der Waals surface area (Å²) in [5, 5.41) is 0. The summed E-state index contributed by atoms with van der Waals surface area (Å²) in [5.41, 5.74) is 2.81. The Morgan fingerprint density at radius 1 is 0.913 bits per heavy atom. The second-order valence-electron chi connectivity index (χ2n) is 7.20. The Balaban J connectivity index is 1.52. The zero-order chi connectivity index (χ0) is 15.2. The number of hydrogen-bond acceptors (Lipinski definition) is 2. The van der Waals surface area contributed by atoms with Crippen LogP contribution in [0.15, 0.2) is 58.3 Å². The van der Waals surface area contributed by atoms with E-state index >= 15 is 0 Å². The van der Waals surface area contributed by atoms with Crippen molar-refractivity contribution in [3.05, 3.63) is 48.5 Å². The van der Waals surface area contributed by atoms with Gasteiger partial charge in [0.25, 0.3) is 0 Å². The van der Waals surface area contributed by atoms with Gasteiger partial charge in [-0.2, -0.15) is 0 Å². The van der Waals surface area contributed by atoms with Crippen LogP contribution in [-0.2, 0) is 0 Å². The lowest BCUT2D eigenvalue weighted by Gasteiger charge is -2.44. The SMILES string of the molecule is c1ccc2c(c1)Sc1ccccc1N2C[C@H]1C[NH+]2CCC1CC2. The maximum Gasteiger partial charge on any atom is 0.0819 e. The number of piperidine rings is 3. The molecule has 3 fully saturated rings. The normalized spacial score (nSPS) is 28.3. The van der Waals surface area contributed by atoms with Crippen molar-refractivity contribution in [1.29, 1.82) is 0 Å². The summed E-state index contributed by atoms with van der Waals surface area (Å²) in [5.74, 6) is 1.79. The average Bonchev–Trinajstić information content (AvgIpc) is 2.62. The molecule has 1 atom stereocenters. The van der Waals surface area contributed by atoms with E-state index in [-0.39, 0.29) is 0 Å². The highest BCUT2D eigenvalue weighted by molar-refractivity contribution is 7.99. The topological polar surface area (TPSA) is 7.68 Å². The minimum Gasteiger partial charge on any atom is -0.339 e. The van der Waals surface area contributed by atoms with Gasteiger partial charge < -0.3 is 9.80 Å². The highest BCUT2D eigenvalue weighted by Gasteiger charge is 2.39. The highest BCUT2D eigenvalue weighted by Crippen LogP contribution is 2.48. The van der Waals surface area contributed by atoms with Crippen LogP contribution in [0.3, 0.4) is 0 Å². The van der Waals surface area contributed by atoms with E-state index in [1.165, 1.54) is 60.2 Å². The van der Waals surface area contributed by atoms with Crippen molar-refractivity contribution in [2.45, 2.75) is 22.6 Å². The van der Waals surface area contributed by atoms with Crippen molar-refractivity contribution in [1.82, 2.24) is 0 Å². The summed E-state index contributed by atoms with van der Waals surface area (Å²) in [4.78, 5) is 7.25. The molecule has 4 heterocycles. The minimum atomic E-state index is 0.844. The Morgan fingerprint density at radius 2 is 1.52 bits per heavy atom. The van der Waals surface area contributed by atoms with E-state index in [2.05, 4.69) is 53.4 Å². The molecule has 6 rings (SSSR count). The van der Waals surface area contributed by atoms with E-state index in [0.717, 1.165) is 11.8 Å². The molecule has 0 amide bonds. The van der Waals surface area contributed by atoms with Crippen molar-refractivity contribution in [3.63, 3.8) is 0 Å². The number of benzene rings is 2. The lowest BCUT2D eigenvalue weighted by Crippen LogP contribution is -3.16. The van der Waals surface area contributed by atoms with Gasteiger partial charge in [0.05, 0.1) is 31.0 Å². The predicted molar refractivity (Wildman–Crippen MR) is 95.8 cm³/mol. The zero-order valence-corrected chi connectivity index (χ0v) is 14.2. The van der Waals surface area contributed by atoms with E-state index in [4.69, 9.17) is 0 Å².